The number of hydrogen-bond donors (Lipinski definition) is 2. The Morgan fingerprint density at radius 3 is 2.35 bits per heavy atom. The predicted octanol–water partition coefficient (Wildman–Crippen LogP) is 1.83. The Bertz CT molecular complexity index is 665. The molecule has 1 atom stereocenters. The molecule has 6 nitrogen and oxygen atoms in total. The Hall–Kier alpha value is -1.60. The molecule has 3 N–H and O–H groups in total. The van der Waals surface area contributed by atoms with E-state index in [9.17, 15) is 13.2 Å². The van der Waals surface area contributed by atoms with Gasteiger partial charge in [-0.25, -0.2) is 13.2 Å². The summed E-state index contributed by atoms with van der Waals surface area (Å²) < 4.78 is 28.6. The first-order chi connectivity index (χ1) is 10.4. The lowest BCUT2D eigenvalue weighted by Crippen LogP contribution is -2.45. The molecule has 0 saturated carbocycles. The molecule has 1 amide bonds. The van der Waals surface area contributed by atoms with Crippen LogP contribution in [0.15, 0.2) is 29.2 Å². The molecule has 0 spiro atoms. The summed E-state index contributed by atoms with van der Waals surface area (Å²) in [5.41, 5.74) is 5.44. The summed E-state index contributed by atoms with van der Waals surface area (Å²) in [6, 6.07) is 6.61. The van der Waals surface area contributed by atoms with Crippen molar-refractivity contribution in [3.8, 4) is 0 Å². The van der Waals surface area contributed by atoms with Crippen LogP contribution >= 0.6 is 0 Å². The average Bonchev–Trinajstić information content (AvgIpc) is 2.42. The zero-order valence-corrected chi connectivity index (χ0v) is 15.2. The van der Waals surface area contributed by atoms with Gasteiger partial charge in [-0.3, -0.25) is 0 Å². The molecule has 0 bridgehead atoms. The van der Waals surface area contributed by atoms with Gasteiger partial charge >= 0.3 is 6.09 Å². The van der Waals surface area contributed by atoms with Gasteiger partial charge in [0, 0.05) is 24.8 Å². The van der Waals surface area contributed by atoms with Crippen LogP contribution in [0.25, 0.3) is 0 Å². The maximum absolute atomic E-state index is 11.8. The second-order valence-corrected chi connectivity index (χ2v) is 8.94. The van der Waals surface area contributed by atoms with Crippen molar-refractivity contribution in [1.29, 1.82) is 0 Å². The Kier molecular flexibility index (Phi) is 5.82. The number of carbonyl (C=O) groups is 1. The summed E-state index contributed by atoms with van der Waals surface area (Å²) in [4.78, 5) is 12.0. The van der Waals surface area contributed by atoms with Crippen molar-refractivity contribution >= 4 is 15.9 Å². The number of rotatable bonds is 5. The van der Waals surface area contributed by atoms with E-state index in [0.29, 0.717) is 0 Å². The van der Waals surface area contributed by atoms with Crippen molar-refractivity contribution in [3.05, 3.63) is 29.8 Å². The summed E-state index contributed by atoms with van der Waals surface area (Å²) >= 11 is 0. The van der Waals surface area contributed by atoms with Crippen molar-refractivity contribution in [2.45, 2.75) is 43.6 Å². The second-order valence-electron chi connectivity index (χ2n) is 6.92. The molecule has 0 aromatic heterocycles. The fraction of sp³-hybridized carbons (Fsp3) is 0.562. The first-order valence-electron chi connectivity index (χ1n) is 7.35. The van der Waals surface area contributed by atoms with Crippen LogP contribution in [-0.4, -0.2) is 39.5 Å². The highest BCUT2D eigenvalue weighted by Gasteiger charge is 2.28. The number of nitrogens with one attached hydrogen (secondary N) is 1. The summed E-state index contributed by atoms with van der Waals surface area (Å²) in [7, 11) is -3.30. The van der Waals surface area contributed by atoms with Gasteiger partial charge in [0.15, 0.2) is 9.84 Å². The van der Waals surface area contributed by atoms with Crippen LogP contribution in [0.5, 0.6) is 0 Å². The van der Waals surface area contributed by atoms with Gasteiger partial charge in [0.05, 0.1) is 4.90 Å². The number of sulfone groups is 1. The van der Waals surface area contributed by atoms with Gasteiger partial charge in [0.2, 0.25) is 0 Å². The van der Waals surface area contributed by atoms with Crippen LogP contribution in [0.4, 0.5) is 4.79 Å². The van der Waals surface area contributed by atoms with Crippen LogP contribution in [-0.2, 0) is 20.0 Å². The highest BCUT2D eigenvalue weighted by Crippen LogP contribution is 2.24. The molecular weight excluding hydrogens is 316 g/mol. The molecule has 0 aliphatic heterocycles. The molecule has 0 fully saturated rings. The van der Waals surface area contributed by atoms with Crippen molar-refractivity contribution in [1.82, 2.24) is 5.32 Å². The molecule has 0 radical (unpaired) electrons. The van der Waals surface area contributed by atoms with E-state index in [-0.39, 0.29) is 18.0 Å². The van der Waals surface area contributed by atoms with Crippen LogP contribution in [0.2, 0.25) is 0 Å². The minimum absolute atomic E-state index is 0.229. The molecule has 0 aliphatic carbocycles. The van der Waals surface area contributed by atoms with E-state index < -0.39 is 26.9 Å². The van der Waals surface area contributed by atoms with Gasteiger partial charge in [-0.05, 0) is 38.5 Å². The van der Waals surface area contributed by atoms with Crippen molar-refractivity contribution in [2.75, 3.05) is 19.3 Å². The van der Waals surface area contributed by atoms with E-state index in [1.807, 2.05) is 6.92 Å². The van der Waals surface area contributed by atoms with Gasteiger partial charge in [-0.1, -0.05) is 19.1 Å². The van der Waals surface area contributed by atoms with Crippen molar-refractivity contribution in [3.63, 3.8) is 0 Å². The van der Waals surface area contributed by atoms with Crippen molar-refractivity contribution < 1.29 is 17.9 Å². The van der Waals surface area contributed by atoms with E-state index in [1.54, 1.807) is 39.0 Å². The molecule has 7 heteroatoms. The Morgan fingerprint density at radius 1 is 1.26 bits per heavy atom. The van der Waals surface area contributed by atoms with Gasteiger partial charge in [-0.15, -0.1) is 0 Å². The third-order valence-electron chi connectivity index (χ3n) is 3.43. The molecule has 0 saturated heterocycles. The maximum Gasteiger partial charge on any atom is 0.407 e. The third-order valence-corrected chi connectivity index (χ3v) is 4.54. The van der Waals surface area contributed by atoms with Crippen molar-refractivity contribution in [2.24, 2.45) is 5.73 Å². The van der Waals surface area contributed by atoms with E-state index in [2.05, 4.69) is 5.32 Å². The average molecular weight is 342 g/mol. The lowest BCUT2D eigenvalue weighted by Gasteiger charge is -2.30. The molecule has 1 aromatic carbocycles. The monoisotopic (exact) mass is 342 g/mol. The molecule has 1 aromatic rings. The highest BCUT2D eigenvalue weighted by atomic mass is 32.2. The number of ether oxygens (including phenoxy) is 1. The Labute approximate surface area is 138 Å². The molecule has 130 valence electrons. The number of hydrogen-bond acceptors (Lipinski definition) is 5. The number of nitrogens with two attached hydrogens (primary N) is 1. The van der Waals surface area contributed by atoms with E-state index >= 15 is 0 Å². The lowest BCUT2D eigenvalue weighted by molar-refractivity contribution is 0.0516. The van der Waals surface area contributed by atoms with Gasteiger partial charge in [0.1, 0.15) is 5.60 Å². The minimum Gasteiger partial charge on any atom is -0.444 e. The smallest absolute Gasteiger partial charge is 0.407 e. The number of carbonyl (C=O) groups excluding carboxylic acids is 1. The molecule has 1 rings (SSSR count). The topological polar surface area (TPSA) is 98.5 Å². The quantitative estimate of drug-likeness (QED) is 0.850. The van der Waals surface area contributed by atoms with Gasteiger partial charge in [-0.2, -0.15) is 0 Å². The van der Waals surface area contributed by atoms with E-state index in [4.69, 9.17) is 10.5 Å². The first kappa shape index (κ1) is 19.4. The number of benzene rings is 1. The second kappa shape index (κ2) is 6.88. The molecular formula is C16H26N2O4S. The standard InChI is InChI=1S/C16H26N2O4S/c1-15(2,3)22-14(19)18-11-16(4,10-17)12-7-6-8-13(9-12)23(5,20)21/h6-9H,10-11,17H2,1-5H3,(H,18,19). The lowest BCUT2D eigenvalue weighted by atomic mass is 9.82. The fourth-order valence-corrected chi connectivity index (χ4v) is 2.64. The van der Waals surface area contributed by atoms with Gasteiger partial charge in [0.25, 0.3) is 0 Å². The van der Waals surface area contributed by atoms with Gasteiger partial charge < -0.3 is 15.8 Å². The van der Waals surface area contributed by atoms with Crippen LogP contribution in [0, 0.1) is 0 Å². The van der Waals surface area contributed by atoms with Crippen LogP contribution < -0.4 is 11.1 Å². The Morgan fingerprint density at radius 2 is 1.87 bits per heavy atom. The largest absolute Gasteiger partial charge is 0.444 e. The summed E-state index contributed by atoms with van der Waals surface area (Å²) in [5, 5.41) is 2.70. The third kappa shape index (κ3) is 5.84. The summed E-state index contributed by atoms with van der Waals surface area (Å²) in [6.07, 6.45) is 0.627. The predicted molar refractivity (Wildman–Crippen MR) is 90.2 cm³/mol. The van der Waals surface area contributed by atoms with Crippen LogP contribution in [0.3, 0.4) is 0 Å². The molecule has 1 unspecified atom stereocenters. The number of amides is 1. The zero-order chi connectivity index (χ0) is 17.9. The molecule has 0 aliphatic rings. The minimum atomic E-state index is -3.30. The van der Waals surface area contributed by atoms with E-state index in [1.165, 1.54) is 6.07 Å². The zero-order valence-electron chi connectivity index (χ0n) is 14.3. The first-order valence-corrected chi connectivity index (χ1v) is 9.24. The fourth-order valence-electron chi connectivity index (χ4n) is 1.98. The SMILES string of the molecule is CC(C)(C)OC(=O)NCC(C)(CN)c1cccc(S(C)(=O)=O)c1. The normalized spacial score (nSPS) is 14.9. The summed E-state index contributed by atoms with van der Waals surface area (Å²) in [6.45, 7) is 7.70. The van der Waals surface area contributed by atoms with Crippen LogP contribution in [0.1, 0.15) is 33.3 Å². The highest BCUT2D eigenvalue weighted by molar-refractivity contribution is 7.90. The molecule has 23 heavy (non-hydrogen) atoms. The Balaban J connectivity index is 2.95. The number of alkyl carbamates (subject to hydrolysis) is 1. The maximum atomic E-state index is 11.8. The summed E-state index contributed by atoms with van der Waals surface area (Å²) in [5.74, 6) is 0. The molecule has 0 heterocycles. The van der Waals surface area contributed by atoms with E-state index in [0.717, 1.165) is 11.8 Å².